The van der Waals surface area contributed by atoms with Gasteiger partial charge in [0, 0.05) is 44.1 Å². The highest BCUT2D eigenvalue weighted by Crippen LogP contribution is 2.26. The van der Waals surface area contributed by atoms with Crippen LogP contribution in [0.15, 0.2) is 28.9 Å². The van der Waals surface area contributed by atoms with Gasteiger partial charge in [-0.2, -0.15) is 0 Å². The molecule has 0 aliphatic heterocycles. The van der Waals surface area contributed by atoms with Gasteiger partial charge in [0.2, 0.25) is 5.89 Å². The molecule has 0 unspecified atom stereocenters. The van der Waals surface area contributed by atoms with Crippen molar-refractivity contribution in [2.45, 2.75) is 13.0 Å². The predicted molar refractivity (Wildman–Crippen MR) is 103 cm³/mol. The minimum Gasteiger partial charge on any atom is -0.497 e. The van der Waals surface area contributed by atoms with E-state index in [0.29, 0.717) is 36.8 Å². The number of benzene rings is 1. The lowest BCUT2D eigenvalue weighted by Gasteiger charge is -2.22. The SMILES string of the molecule is COCCCN(Cc1nc(C(=O)OC)co1)C(=O)Nc1cc(OC)cc(OC)c1. The molecule has 158 valence electrons. The van der Waals surface area contributed by atoms with Crippen LogP contribution in [0.4, 0.5) is 10.5 Å². The fourth-order valence-electron chi connectivity index (χ4n) is 2.48. The van der Waals surface area contributed by atoms with Gasteiger partial charge in [0.05, 0.1) is 27.9 Å². The van der Waals surface area contributed by atoms with E-state index in [9.17, 15) is 9.59 Å². The summed E-state index contributed by atoms with van der Waals surface area (Å²) in [5.41, 5.74) is 0.544. The Morgan fingerprint density at radius 2 is 1.79 bits per heavy atom. The lowest BCUT2D eigenvalue weighted by molar-refractivity contribution is 0.0594. The Bertz CT molecular complexity index is 800. The van der Waals surface area contributed by atoms with Crippen molar-refractivity contribution in [3.63, 3.8) is 0 Å². The first kappa shape index (κ1) is 22.0. The number of ether oxygens (including phenoxy) is 4. The van der Waals surface area contributed by atoms with E-state index in [-0.39, 0.29) is 24.2 Å². The van der Waals surface area contributed by atoms with Crippen molar-refractivity contribution in [3.05, 3.63) is 36.0 Å². The smallest absolute Gasteiger partial charge is 0.360 e. The molecule has 2 aromatic rings. The normalized spacial score (nSPS) is 10.3. The molecule has 0 saturated heterocycles. The zero-order chi connectivity index (χ0) is 21.2. The molecule has 10 heteroatoms. The van der Waals surface area contributed by atoms with E-state index < -0.39 is 5.97 Å². The van der Waals surface area contributed by atoms with Gasteiger partial charge in [0.25, 0.3) is 0 Å². The molecule has 1 N–H and O–H groups in total. The standard InChI is InChI=1S/C19H25N3O7/c1-25-7-5-6-22(11-17-21-16(12-29-17)18(23)28-4)19(24)20-13-8-14(26-2)10-15(9-13)27-3/h8-10,12H,5-7,11H2,1-4H3,(H,20,24). The Kier molecular flexibility index (Phi) is 8.28. The van der Waals surface area contributed by atoms with Crippen LogP contribution in [0.1, 0.15) is 22.8 Å². The number of hydrogen-bond acceptors (Lipinski definition) is 8. The van der Waals surface area contributed by atoms with Crippen LogP contribution in [0.5, 0.6) is 11.5 Å². The van der Waals surface area contributed by atoms with E-state index in [1.54, 1.807) is 25.3 Å². The number of urea groups is 1. The van der Waals surface area contributed by atoms with Gasteiger partial charge in [-0.1, -0.05) is 0 Å². The molecule has 2 rings (SSSR count). The Morgan fingerprint density at radius 1 is 1.10 bits per heavy atom. The van der Waals surface area contributed by atoms with Gasteiger partial charge in [0.15, 0.2) is 5.69 Å². The Hall–Kier alpha value is -3.27. The largest absolute Gasteiger partial charge is 0.497 e. The maximum Gasteiger partial charge on any atom is 0.360 e. The molecule has 29 heavy (non-hydrogen) atoms. The average Bonchev–Trinajstić information content (AvgIpc) is 3.20. The summed E-state index contributed by atoms with van der Waals surface area (Å²) in [7, 11) is 5.89. The van der Waals surface area contributed by atoms with Crippen molar-refractivity contribution in [1.29, 1.82) is 0 Å². The van der Waals surface area contributed by atoms with Crippen molar-refractivity contribution in [2.24, 2.45) is 0 Å². The molecule has 0 spiro atoms. The first-order chi connectivity index (χ1) is 14.0. The van der Waals surface area contributed by atoms with Crippen LogP contribution in [-0.4, -0.2) is 63.5 Å². The fourth-order valence-corrected chi connectivity index (χ4v) is 2.48. The van der Waals surface area contributed by atoms with Crippen LogP contribution in [0.2, 0.25) is 0 Å². The maximum absolute atomic E-state index is 12.8. The number of nitrogens with one attached hydrogen (secondary N) is 1. The predicted octanol–water partition coefficient (Wildman–Crippen LogP) is 2.55. The minimum atomic E-state index is -0.612. The van der Waals surface area contributed by atoms with Gasteiger partial charge in [-0.15, -0.1) is 0 Å². The molecule has 0 radical (unpaired) electrons. The molecule has 10 nitrogen and oxygen atoms in total. The van der Waals surface area contributed by atoms with Crippen LogP contribution in [-0.2, 0) is 16.0 Å². The quantitative estimate of drug-likeness (QED) is 0.472. The Labute approximate surface area is 168 Å². The molecule has 1 aromatic heterocycles. The number of hydrogen-bond donors (Lipinski definition) is 1. The van der Waals surface area contributed by atoms with Crippen molar-refractivity contribution in [3.8, 4) is 11.5 Å². The zero-order valence-corrected chi connectivity index (χ0v) is 16.9. The monoisotopic (exact) mass is 407 g/mol. The number of aromatic nitrogens is 1. The highest BCUT2D eigenvalue weighted by Gasteiger charge is 2.19. The third-order valence-corrected chi connectivity index (χ3v) is 3.94. The van der Waals surface area contributed by atoms with E-state index >= 15 is 0 Å². The lowest BCUT2D eigenvalue weighted by atomic mass is 10.2. The number of esters is 1. The van der Waals surface area contributed by atoms with Crippen molar-refractivity contribution in [2.75, 3.05) is 46.9 Å². The van der Waals surface area contributed by atoms with E-state index in [1.165, 1.54) is 32.5 Å². The first-order valence-electron chi connectivity index (χ1n) is 8.81. The van der Waals surface area contributed by atoms with Crippen LogP contribution in [0, 0.1) is 0 Å². The highest BCUT2D eigenvalue weighted by atomic mass is 16.5. The summed E-state index contributed by atoms with van der Waals surface area (Å²) in [4.78, 5) is 29.9. The van der Waals surface area contributed by atoms with E-state index in [4.69, 9.17) is 18.6 Å². The maximum atomic E-state index is 12.8. The van der Waals surface area contributed by atoms with Gasteiger partial charge in [-0.25, -0.2) is 14.6 Å². The number of oxazole rings is 1. The van der Waals surface area contributed by atoms with Crippen LogP contribution in [0.25, 0.3) is 0 Å². The van der Waals surface area contributed by atoms with Gasteiger partial charge in [0.1, 0.15) is 17.8 Å². The lowest BCUT2D eigenvalue weighted by Crippen LogP contribution is -2.35. The molecule has 0 fully saturated rings. The molecule has 0 atom stereocenters. The van der Waals surface area contributed by atoms with Gasteiger partial charge >= 0.3 is 12.0 Å². The van der Waals surface area contributed by atoms with Crippen LogP contribution >= 0.6 is 0 Å². The third kappa shape index (κ3) is 6.39. The van der Waals surface area contributed by atoms with Gasteiger partial charge < -0.3 is 33.6 Å². The first-order valence-corrected chi connectivity index (χ1v) is 8.81. The second kappa shape index (κ2) is 10.9. The van der Waals surface area contributed by atoms with Crippen LogP contribution < -0.4 is 14.8 Å². The molecule has 0 bridgehead atoms. The number of carbonyl (C=O) groups is 2. The molecular weight excluding hydrogens is 382 g/mol. The molecular formula is C19H25N3O7. The summed E-state index contributed by atoms with van der Waals surface area (Å²) in [6, 6.07) is 4.67. The molecule has 0 aliphatic carbocycles. The third-order valence-electron chi connectivity index (χ3n) is 3.94. The number of carbonyl (C=O) groups excluding carboxylic acids is 2. The van der Waals surface area contributed by atoms with Crippen molar-refractivity contribution in [1.82, 2.24) is 9.88 Å². The Balaban J connectivity index is 2.14. The topological polar surface area (TPSA) is 112 Å². The summed E-state index contributed by atoms with van der Waals surface area (Å²) < 4.78 is 25.4. The van der Waals surface area contributed by atoms with E-state index in [0.717, 1.165) is 0 Å². The second-order valence-corrected chi connectivity index (χ2v) is 5.92. The van der Waals surface area contributed by atoms with E-state index in [2.05, 4.69) is 15.0 Å². The van der Waals surface area contributed by atoms with Crippen molar-refractivity contribution >= 4 is 17.7 Å². The fraction of sp³-hybridized carbons (Fsp3) is 0.421. The second-order valence-electron chi connectivity index (χ2n) is 5.92. The molecule has 1 heterocycles. The van der Waals surface area contributed by atoms with Crippen molar-refractivity contribution < 1.29 is 33.0 Å². The summed E-state index contributed by atoms with van der Waals surface area (Å²) in [6.45, 7) is 0.931. The summed E-state index contributed by atoms with van der Waals surface area (Å²) in [5, 5.41) is 2.80. The summed E-state index contributed by atoms with van der Waals surface area (Å²) in [5.74, 6) is 0.682. The molecule has 0 saturated carbocycles. The molecule has 0 aliphatic rings. The minimum absolute atomic E-state index is 0.0391. The number of rotatable bonds is 10. The Morgan fingerprint density at radius 3 is 2.38 bits per heavy atom. The highest BCUT2D eigenvalue weighted by molar-refractivity contribution is 5.90. The van der Waals surface area contributed by atoms with Crippen LogP contribution in [0.3, 0.4) is 0 Å². The average molecular weight is 407 g/mol. The number of amides is 2. The number of nitrogens with zero attached hydrogens (tertiary/aromatic N) is 2. The molecule has 2 amide bonds. The summed E-state index contributed by atoms with van der Waals surface area (Å²) >= 11 is 0. The zero-order valence-electron chi connectivity index (χ0n) is 16.9. The van der Waals surface area contributed by atoms with Gasteiger partial charge in [-0.05, 0) is 6.42 Å². The molecule has 1 aromatic carbocycles. The van der Waals surface area contributed by atoms with Gasteiger partial charge in [-0.3, -0.25) is 0 Å². The number of methoxy groups -OCH3 is 4. The summed E-state index contributed by atoms with van der Waals surface area (Å²) in [6.07, 6.45) is 1.80. The number of anilines is 1. The van der Waals surface area contributed by atoms with E-state index in [1.807, 2.05) is 0 Å².